The van der Waals surface area contributed by atoms with Crippen LogP contribution in [0.4, 0.5) is 18.9 Å². The normalized spacial score (nSPS) is 14.8. The summed E-state index contributed by atoms with van der Waals surface area (Å²) in [6, 6.07) is 6.24. The molecular weight excluding hydrogens is 415 g/mol. The zero-order chi connectivity index (χ0) is 21.0. The molecule has 3 heterocycles. The number of aromatic nitrogens is 3. The maximum absolute atomic E-state index is 13.6. The van der Waals surface area contributed by atoms with Crippen molar-refractivity contribution in [2.45, 2.75) is 19.3 Å². The molecular formula is C20H20F3N5OS. The molecule has 3 aromatic rings. The van der Waals surface area contributed by atoms with E-state index in [1.807, 2.05) is 10.3 Å². The molecule has 0 radical (unpaired) electrons. The van der Waals surface area contributed by atoms with Crippen molar-refractivity contribution >= 4 is 17.0 Å². The van der Waals surface area contributed by atoms with Crippen LogP contribution >= 0.6 is 11.3 Å². The molecule has 0 aliphatic carbocycles. The number of ether oxygens (including phenoxy) is 1. The average Bonchev–Trinajstić information content (AvgIpc) is 3.23. The van der Waals surface area contributed by atoms with Crippen LogP contribution in [-0.4, -0.2) is 41.3 Å². The van der Waals surface area contributed by atoms with Crippen LogP contribution in [0.5, 0.6) is 0 Å². The van der Waals surface area contributed by atoms with Gasteiger partial charge in [0.05, 0.1) is 24.5 Å². The van der Waals surface area contributed by atoms with Gasteiger partial charge in [0.2, 0.25) is 0 Å². The van der Waals surface area contributed by atoms with Gasteiger partial charge in [0.15, 0.2) is 10.8 Å². The van der Waals surface area contributed by atoms with Crippen LogP contribution in [0.2, 0.25) is 0 Å². The Morgan fingerprint density at radius 1 is 1.10 bits per heavy atom. The molecule has 1 N–H and O–H groups in total. The van der Waals surface area contributed by atoms with Crippen molar-refractivity contribution < 1.29 is 17.9 Å². The summed E-state index contributed by atoms with van der Waals surface area (Å²) in [6.07, 6.45) is -1.14. The minimum Gasteiger partial charge on any atom is -0.378 e. The number of nitrogens with one attached hydrogen (secondary N) is 1. The maximum atomic E-state index is 13.6. The van der Waals surface area contributed by atoms with Crippen LogP contribution in [0.3, 0.4) is 0 Å². The van der Waals surface area contributed by atoms with E-state index in [2.05, 4.69) is 20.3 Å². The first-order valence-electron chi connectivity index (χ1n) is 9.46. The molecule has 4 rings (SSSR count). The number of alkyl halides is 3. The standard InChI is InChI=1S/C20H20F3N5OS/c21-20(22,23)17-10-16(28-6-8-29-9-7-28)3-2-14(17)11-24-12-15-13-30-19(27-15)18-25-4-1-5-26-18/h1-5,10,13,24H,6-9,11-12H2. The van der Waals surface area contributed by atoms with E-state index in [1.165, 1.54) is 17.4 Å². The minimum atomic E-state index is -4.42. The monoisotopic (exact) mass is 435 g/mol. The van der Waals surface area contributed by atoms with Gasteiger partial charge >= 0.3 is 6.18 Å². The summed E-state index contributed by atoms with van der Waals surface area (Å²) >= 11 is 1.40. The van der Waals surface area contributed by atoms with Gasteiger partial charge in [-0.2, -0.15) is 13.2 Å². The molecule has 1 aliphatic heterocycles. The molecule has 0 bridgehead atoms. The lowest BCUT2D eigenvalue weighted by Gasteiger charge is -2.29. The van der Waals surface area contributed by atoms with E-state index < -0.39 is 11.7 Å². The molecule has 0 atom stereocenters. The second kappa shape index (κ2) is 9.07. The van der Waals surface area contributed by atoms with E-state index in [9.17, 15) is 13.2 Å². The second-order valence-electron chi connectivity index (χ2n) is 6.76. The summed E-state index contributed by atoms with van der Waals surface area (Å²) in [6.45, 7) is 2.67. The number of halogens is 3. The highest BCUT2D eigenvalue weighted by Crippen LogP contribution is 2.35. The highest BCUT2D eigenvalue weighted by Gasteiger charge is 2.34. The van der Waals surface area contributed by atoms with Gasteiger partial charge in [0, 0.05) is 49.6 Å². The lowest BCUT2D eigenvalue weighted by molar-refractivity contribution is -0.138. The Bertz CT molecular complexity index is 974. The Labute approximate surface area is 175 Å². The van der Waals surface area contributed by atoms with Crippen LogP contribution in [0.25, 0.3) is 10.8 Å². The zero-order valence-corrected chi connectivity index (χ0v) is 16.8. The van der Waals surface area contributed by atoms with Crippen molar-refractivity contribution in [2.75, 3.05) is 31.2 Å². The lowest BCUT2D eigenvalue weighted by Crippen LogP contribution is -2.36. The summed E-state index contributed by atoms with van der Waals surface area (Å²) < 4.78 is 46.2. The summed E-state index contributed by atoms with van der Waals surface area (Å²) in [4.78, 5) is 14.7. The SMILES string of the molecule is FC(F)(F)c1cc(N2CCOCC2)ccc1CNCc1csc(-c2ncccn2)n1. The molecule has 0 saturated carbocycles. The van der Waals surface area contributed by atoms with Crippen molar-refractivity contribution in [1.82, 2.24) is 20.3 Å². The van der Waals surface area contributed by atoms with Gasteiger partial charge in [0.1, 0.15) is 0 Å². The molecule has 0 unspecified atom stereocenters. The highest BCUT2D eigenvalue weighted by atomic mass is 32.1. The number of morpholine rings is 1. The summed E-state index contributed by atoms with van der Waals surface area (Å²) in [5.41, 5.74) is 0.902. The molecule has 1 fully saturated rings. The van der Waals surface area contributed by atoms with Gasteiger partial charge in [-0.05, 0) is 23.8 Å². The fourth-order valence-electron chi connectivity index (χ4n) is 3.23. The Hall–Kier alpha value is -2.56. The number of rotatable bonds is 6. The fourth-order valence-corrected chi connectivity index (χ4v) is 3.99. The first kappa shape index (κ1) is 20.7. The van der Waals surface area contributed by atoms with E-state index in [4.69, 9.17) is 4.74 Å². The Morgan fingerprint density at radius 3 is 2.60 bits per heavy atom. The second-order valence-corrected chi connectivity index (χ2v) is 7.62. The van der Waals surface area contributed by atoms with E-state index >= 15 is 0 Å². The summed E-state index contributed by atoms with van der Waals surface area (Å²) in [7, 11) is 0. The molecule has 6 nitrogen and oxygen atoms in total. The predicted octanol–water partition coefficient (Wildman–Crippen LogP) is 3.75. The minimum absolute atomic E-state index is 0.0902. The van der Waals surface area contributed by atoms with Crippen LogP contribution in [0.15, 0.2) is 42.0 Å². The smallest absolute Gasteiger partial charge is 0.378 e. The van der Waals surface area contributed by atoms with Crippen molar-refractivity contribution in [3.05, 3.63) is 58.9 Å². The van der Waals surface area contributed by atoms with Crippen LogP contribution in [0, 0.1) is 0 Å². The third-order valence-corrected chi connectivity index (χ3v) is 5.59. The Kier molecular flexibility index (Phi) is 6.26. The number of nitrogens with zero attached hydrogens (tertiary/aromatic N) is 4. The number of hydrogen-bond donors (Lipinski definition) is 1. The van der Waals surface area contributed by atoms with Crippen LogP contribution in [-0.2, 0) is 24.0 Å². The molecule has 2 aromatic heterocycles. The van der Waals surface area contributed by atoms with E-state index in [0.29, 0.717) is 49.4 Å². The topological polar surface area (TPSA) is 63.2 Å². The van der Waals surface area contributed by atoms with E-state index in [1.54, 1.807) is 30.6 Å². The van der Waals surface area contributed by atoms with Crippen LogP contribution in [0.1, 0.15) is 16.8 Å². The van der Waals surface area contributed by atoms with Crippen molar-refractivity contribution in [3.63, 3.8) is 0 Å². The van der Waals surface area contributed by atoms with Gasteiger partial charge < -0.3 is 15.0 Å². The average molecular weight is 435 g/mol. The number of anilines is 1. The molecule has 158 valence electrons. The molecule has 30 heavy (non-hydrogen) atoms. The summed E-state index contributed by atoms with van der Waals surface area (Å²) in [5.74, 6) is 0.534. The molecule has 10 heteroatoms. The Balaban J connectivity index is 1.43. The molecule has 1 aromatic carbocycles. The summed E-state index contributed by atoms with van der Waals surface area (Å²) in [5, 5.41) is 5.60. The Morgan fingerprint density at radius 2 is 1.87 bits per heavy atom. The van der Waals surface area contributed by atoms with Gasteiger partial charge in [-0.3, -0.25) is 0 Å². The van der Waals surface area contributed by atoms with E-state index in [-0.39, 0.29) is 12.1 Å². The number of thiazole rings is 1. The van der Waals surface area contributed by atoms with Crippen molar-refractivity contribution in [1.29, 1.82) is 0 Å². The third-order valence-electron chi connectivity index (χ3n) is 4.71. The first-order chi connectivity index (χ1) is 14.5. The van der Waals surface area contributed by atoms with Gasteiger partial charge in [-0.15, -0.1) is 11.3 Å². The molecule has 0 spiro atoms. The largest absolute Gasteiger partial charge is 0.416 e. The predicted molar refractivity (Wildman–Crippen MR) is 108 cm³/mol. The van der Waals surface area contributed by atoms with Crippen molar-refractivity contribution in [2.24, 2.45) is 0 Å². The molecule has 0 amide bonds. The third kappa shape index (κ3) is 4.94. The first-order valence-corrected chi connectivity index (χ1v) is 10.3. The molecule has 1 saturated heterocycles. The highest BCUT2D eigenvalue weighted by molar-refractivity contribution is 7.13. The number of benzene rings is 1. The number of hydrogen-bond acceptors (Lipinski definition) is 7. The quantitative estimate of drug-likeness (QED) is 0.637. The fraction of sp³-hybridized carbons (Fsp3) is 0.350. The lowest BCUT2D eigenvalue weighted by atomic mass is 10.0. The van der Waals surface area contributed by atoms with E-state index in [0.717, 1.165) is 5.69 Å². The van der Waals surface area contributed by atoms with Crippen LogP contribution < -0.4 is 10.2 Å². The molecule has 1 aliphatic rings. The zero-order valence-electron chi connectivity index (χ0n) is 16.0. The van der Waals surface area contributed by atoms with Gasteiger partial charge in [-0.1, -0.05) is 6.07 Å². The van der Waals surface area contributed by atoms with Gasteiger partial charge in [0.25, 0.3) is 0 Å². The maximum Gasteiger partial charge on any atom is 0.416 e. The van der Waals surface area contributed by atoms with Gasteiger partial charge in [-0.25, -0.2) is 15.0 Å². The van der Waals surface area contributed by atoms with Crippen molar-refractivity contribution in [3.8, 4) is 10.8 Å².